The Morgan fingerprint density at radius 2 is 2.27 bits per heavy atom. The summed E-state index contributed by atoms with van der Waals surface area (Å²) in [6, 6.07) is 5.41. The molecule has 1 rings (SSSR count). The van der Waals surface area contributed by atoms with Gasteiger partial charge in [0.25, 0.3) is 0 Å². The fourth-order valence-corrected chi connectivity index (χ4v) is 1.56. The third-order valence-electron chi connectivity index (χ3n) is 1.96. The predicted octanol–water partition coefficient (Wildman–Crippen LogP) is 3.24. The molecule has 0 radical (unpaired) electrons. The van der Waals surface area contributed by atoms with E-state index in [1.54, 1.807) is 19.1 Å². The van der Waals surface area contributed by atoms with Gasteiger partial charge >= 0.3 is 0 Å². The summed E-state index contributed by atoms with van der Waals surface area (Å²) in [7, 11) is 0. The van der Waals surface area contributed by atoms with Gasteiger partial charge in [0.2, 0.25) is 0 Å². The first kappa shape index (κ1) is 12.5. The van der Waals surface area contributed by atoms with Crippen molar-refractivity contribution in [1.29, 1.82) is 0 Å². The molecule has 1 unspecified atom stereocenters. The van der Waals surface area contributed by atoms with Gasteiger partial charge in [0.05, 0.1) is 19.4 Å². The number of aliphatic hydroxyl groups excluding tert-OH is 1. The van der Waals surface area contributed by atoms with E-state index in [1.807, 2.05) is 6.07 Å². The van der Waals surface area contributed by atoms with Crippen molar-refractivity contribution in [2.24, 2.45) is 0 Å². The molecular weight excluding hydrogens is 263 g/mol. The maximum absolute atomic E-state index is 11.9. The number of alkyl halides is 1. The van der Waals surface area contributed by atoms with Crippen molar-refractivity contribution in [1.82, 2.24) is 0 Å². The Balaban J connectivity index is 2.77. The lowest BCUT2D eigenvalue weighted by molar-refractivity contribution is 0.190. The molecule has 0 fully saturated rings. The van der Waals surface area contributed by atoms with Crippen LogP contribution in [-0.2, 0) is 0 Å². The van der Waals surface area contributed by atoms with Crippen molar-refractivity contribution >= 4 is 15.9 Å². The molecular formula is C11H14BrFO2. The molecule has 1 N–H and O–H groups in total. The maximum Gasteiger partial charge on any atom is 0.126 e. The van der Waals surface area contributed by atoms with E-state index in [0.29, 0.717) is 18.8 Å². The van der Waals surface area contributed by atoms with Gasteiger partial charge in [-0.25, -0.2) is 0 Å². The summed E-state index contributed by atoms with van der Waals surface area (Å²) in [4.78, 5) is 0. The summed E-state index contributed by atoms with van der Waals surface area (Å²) >= 11 is 3.32. The Morgan fingerprint density at radius 1 is 1.53 bits per heavy atom. The maximum atomic E-state index is 11.9. The summed E-state index contributed by atoms with van der Waals surface area (Å²) in [5, 5.41) is 9.48. The normalized spacial score (nSPS) is 12.5. The Labute approximate surface area is 97.2 Å². The molecule has 1 aromatic carbocycles. The molecule has 2 nitrogen and oxygen atoms in total. The van der Waals surface area contributed by atoms with E-state index in [0.717, 1.165) is 10.0 Å². The zero-order valence-corrected chi connectivity index (χ0v) is 10.1. The van der Waals surface area contributed by atoms with Crippen LogP contribution in [0, 0.1) is 0 Å². The van der Waals surface area contributed by atoms with Crippen LogP contribution in [0.1, 0.15) is 25.0 Å². The van der Waals surface area contributed by atoms with Crippen molar-refractivity contribution in [3.05, 3.63) is 28.2 Å². The first-order chi connectivity index (χ1) is 7.15. The molecule has 0 aliphatic carbocycles. The Morgan fingerprint density at radius 3 is 2.87 bits per heavy atom. The molecule has 84 valence electrons. The van der Waals surface area contributed by atoms with Gasteiger partial charge in [-0.2, -0.15) is 0 Å². The number of halogens is 2. The molecule has 0 spiro atoms. The minimum absolute atomic E-state index is 0.326. The highest BCUT2D eigenvalue weighted by Gasteiger charge is 2.09. The summed E-state index contributed by atoms with van der Waals surface area (Å²) in [5.74, 6) is 0.604. The quantitative estimate of drug-likeness (QED) is 0.837. The van der Waals surface area contributed by atoms with Crippen molar-refractivity contribution < 1.29 is 14.2 Å². The van der Waals surface area contributed by atoms with Crippen LogP contribution in [0.15, 0.2) is 22.7 Å². The second kappa shape index (κ2) is 6.08. The molecule has 0 bridgehead atoms. The SMILES string of the molecule is CC(O)c1ccc(Br)cc1OCCCF. The Hall–Kier alpha value is -0.610. The second-order valence-corrected chi connectivity index (χ2v) is 4.16. The molecule has 15 heavy (non-hydrogen) atoms. The second-order valence-electron chi connectivity index (χ2n) is 3.25. The van der Waals surface area contributed by atoms with Crippen LogP contribution in [0.5, 0.6) is 5.75 Å². The summed E-state index contributed by atoms with van der Waals surface area (Å²) in [6.07, 6.45) is -0.218. The Bertz CT molecular complexity index is 315. The van der Waals surface area contributed by atoms with E-state index in [-0.39, 0.29) is 0 Å². The lowest BCUT2D eigenvalue weighted by Gasteiger charge is -2.13. The first-order valence-corrected chi connectivity index (χ1v) is 5.60. The van der Waals surface area contributed by atoms with E-state index in [2.05, 4.69) is 15.9 Å². The molecule has 0 aromatic heterocycles. The molecule has 0 heterocycles. The third kappa shape index (κ3) is 3.80. The van der Waals surface area contributed by atoms with Gasteiger partial charge < -0.3 is 9.84 Å². The number of rotatable bonds is 5. The average Bonchev–Trinajstić information content (AvgIpc) is 2.18. The van der Waals surface area contributed by atoms with Gasteiger partial charge in [-0.05, 0) is 19.1 Å². The van der Waals surface area contributed by atoms with E-state index in [9.17, 15) is 9.50 Å². The highest BCUT2D eigenvalue weighted by atomic mass is 79.9. The van der Waals surface area contributed by atoms with Crippen molar-refractivity contribution in [2.45, 2.75) is 19.4 Å². The van der Waals surface area contributed by atoms with Crippen molar-refractivity contribution in [2.75, 3.05) is 13.3 Å². The van der Waals surface area contributed by atoms with E-state index < -0.39 is 12.8 Å². The zero-order chi connectivity index (χ0) is 11.3. The highest BCUT2D eigenvalue weighted by molar-refractivity contribution is 9.10. The lowest BCUT2D eigenvalue weighted by atomic mass is 10.1. The van der Waals surface area contributed by atoms with Crippen LogP contribution >= 0.6 is 15.9 Å². The summed E-state index contributed by atoms with van der Waals surface area (Å²) in [6.45, 7) is 1.61. The van der Waals surface area contributed by atoms with Gasteiger partial charge in [0.15, 0.2) is 0 Å². The van der Waals surface area contributed by atoms with E-state index in [1.165, 1.54) is 0 Å². The van der Waals surface area contributed by atoms with E-state index in [4.69, 9.17) is 4.74 Å². The largest absolute Gasteiger partial charge is 0.493 e. The van der Waals surface area contributed by atoms with Crippen LogP contribution < -0.4 is 4.74 Å². The Kier molecular flexibility index (Phi) is 5.05. The molecule has 0 aliphatic rings. The first-order valence-electron chi connectivity index (χ1n) is 4.81. The number of ether oxygens (including phenoxy) is 1. The molecule has 0 aliphatic heterocycles. The molecule has 4 heteroatoms. The van der Waals surface area contributed by atoms with Gasteiger partial charge in [0.1, 0.15) is 5.75 Å². The molecule has 1 aromatic rings. The lowest BCUT2D eigenvalue weighted by Crippen LogP contribution is -2.02. The number of hydrogen-bond acceptors (Lipinski definition) is 2. The van der Waals surface area contributed by atoms with Gasteiger partial charge in [-0.15, -0.1) is 0 Å². The fourth-order valence-electron chi connectivity index (χ4n) is 1.22. The van der Waals surface area contributed by atoms with Crippen molar-refractivity contribution in [3.63, 3.8) is 0 Å². The number of hydrogen-bond donors (Lipinski definition) is 1. The molecule has 0 saturated carbocycles. The monoisotopic (exact) mass is 276 g/mol. The number of aliphatic hydroxyl groups is 1. The number of benzene rings is 1. The fraction of sp³-hybridized carbons (Fsp3) is 0.455. The van der Waals surface area contributed by atoms with Crippen LogP contribution in [0.3, 0.4) is 0 Å². The standard InChI is InChI=1S/C11H14BrFO2/c1-8(14)10-4-3-9(12)7-11(10)15-6-2-5-13/h3-4,7-8,14H,2,5-6H2,1H3. The van der Waals surface area contributed by atoms with Gasteiger partial charge in [-0.3, -0.25) is 4.39 Å². The smallest absolute Gasteiger partial charge is 0.126 e. The third-order valence-corrected chi connectivity index (χ3v) is 2.45. The topological polar surface area (TPSA) is 29.5 Å². The van der Waals surface area contributed by atoms with Gasteiger partial charge in [-0.1, -0.05) is 22.0 Å². The average molecular weight is 277 g/mol. The molecule has 1 atom stereocenters. The van der Waals surface area contributed by atoms with Crippen LogP contribution in [0.25, 0.3) is 0 Å². The van der Waals surface area contributed by atoms with Crippen molar-refractivity contribution in [3.8, 4) is 5.75 Å². The predicted molar refractivity (Wildman–Crippen MR) is 60.9 cm³/mol. The van der Waals surface area contributed by atoms with Crippen LogP contribution in [-0.4, -0.2) is 18.4 Å². The molecule has 0 saturated heterocycles. The molecule has 0 amide bonds. The summed E-state index contributed by atoms with van der Waals surface area (Å²) in [5.41, 5.74) is 0.719. The van der Waals surface area contributed by atoms with E-state index >= 15 is 0 Å². The van der Waals surface area contributed by atoms with Gasteiger partial charge in [0, 0.05) is 16.5 Å². The minimum Gasteiger partial charge on any atom is -0.493 e. The summed E-state index contributed by atoms with van der Waals surface area (Å²) < 4.78 is 18.2. The minimum atomic E-state index is -0.585. The van der Waals surface area contributed by atoms with Crippen LogP contribution in [0.2, 0.25) is 0 Å². The van der Waals surface area contributed by atoms with Crippen LogP contribution in [0.4, 0.5) is 4.39 Å². The zero-order valence-electron chi connectivity index (χ0n) is 8.54. The highest BCUT2D eigenvalue weighted by Crippen LogP contribution is 2.28.